The molecule has 0 unspecified atom stereocenters. The van der Waals surface area contributed by atoms with E-state index in [9.17, 15) is 0 Å². The monoisotopic (exact) mass is 332 g/mol. The molecule has 4 rings (SSSR count). The van der Waals surface area contributed by atoms with Gasteiger partial charge in [0.15, 0.2) is 0 Å². The van der Waals surface area contributed by atoms with Gasteiger partial charge in [0.2, 0.25) is 0 Å². The van der Waals surface area contributed by atoms with Crippen LogP contribution < -0.4 is 11.5 Å². The highest BCUT2D eigenvalue weighted by Gasteiger charge is 2.12. The summed E-state index contributed by atoms with van der Waals surface area (Å²) in [6, 6.07) is 7.83. The van der Waals surface area contributed by atoms with Gasteiger partial charge in [0, 0.05) is 35.3 Å². The number of nitrogens with zero attached hydrogens (tertiary/aromatic N) is 4. The van der Waals surface area contributed by atoms with Crippen molar-refractivity contribution in [3.05, 3.63) is 48.4 Å². The first-order valence-electron chi connectivity index (χ1n) is 7.67. The Morgan fingerprint density at radius 2 is 2.16 bits per heavy atom. The van der Waals surface area contributed by atoms with Crippen LogP contribution in [0.1, 0.15) is 0 Å². The third-order valence-corrected chi connectivity index (χ3v) is 3.99. The molecular formula is C17H16N8. The van der Waals surface area contributed by atoms with Crippen molar-refractivity contribution in [3.63, 3.8) is 0 Å². The van der Waals surface area contributed by atoms with E-state index in [1.54, 1.807) is 10.9 Å². The number of hydrogen-bond donors (Lipinski definition) is 4. The molecule has 8 nitrogen and oxygen atoms in total. The molecule has 0 saturated carbocycles. The Morgan fingerprint density at radius 1 is 1.28 bits per heavy atom. The second-order valence-electron chi connectivity index (χ2n) is 5.70. The fourth-order valence-electron chi connectivity index (χ4n) is 2.83. The number of rotatable bonds is 4. The molecule has 1 aromatic carbocycles. The van der Waals surface area contributed by atoms with Crippen LogP contribution in [0, 0.1) is 5.41 Å². The van der Waals surface area contributed by atoms with E-state index in [0.29, 0.717) is 18.1 Å². The smallest absolute Gasteiger partial charge is 0.135 e. The number of benzene rings is 1. The van der Waals surface area contributed by atoms with Gasteiger partial charge >= 0.3 is 0 Å². The van der Waals surface area contributed by atoms with Crippen LogP contribution in [0.15, 0.2) is 48.4 Å². The molecule has 0 amide bonds. The Kier molecular flexibility index (Phi) is 3.42. The first-order valence-corrected chi connectivity index (χ1v) is 7.67. The van der Waals surface area contributed by atoms with Crippen LogP contribution in [0.5, 0.6) is 0 Å². The Labute approximate surface area is 142 Å². The van der Waals surface area contributed by atoms with E-state index in [1.165, 1.54) is 6.08 Å². The number of pyridine rings is 1. The number of aromatic nitrogens is 5. The molecule has 124 valence electrons. The van der Waals surface area contributed by atoms with Gasteiger partial charge in [-0.2, -0.15) is 10.2 Å². The van der Waals surface area contributed by atoms with Gasteiger partial charge in [0.05, 0.1) is 23.1 Å². The maximum absolute atomic E-state index is 7.08. The summed E-state index contributed by atoms with van der Waals surface area (Å²) in [5.74, 6) is 0.421. The van der Waals surface area contributed by atoms with Crippen LogP contribution in [-0.2, 0) is 6.54 Å². The Hall–Kier alpha value is -3.68. The second-order valence-corrected chi connectivity index (χ2v) is 5.70. The predicted octanol–water partition coefficient (Wildman–Crippen LogP) is 2.05. The molecule has 4 aromatic rings. The minimum atomic E-state index is 0.386. The number of hydrogen-bond acceptors (Lipinski definition) is 6. The summed E-state index contributed by atoms with van der Waals surface area (Å²) in [5.41, 5.74) is 16.0. The first-order chi connectivity index (χ1) is 12.2. The predicted molar refractivity (Wildman–Crippen MR) is 98.1 cm³/mol. The molecule has 3 heterocycles. The summed E-state index contributed by atoms with van der Waals surface area (Å²) in [6.45, 7) is 0.386. The zero-order valence-corrected chi connectivity index (χ0v) is 13.3. The fourth-order valence-corrected chi connectivity index (χ4v) is 2.83. The molecule has 0 aliphatic heterocycles. The van der Waals surface area contributed by atoms with Crippen molar-refractivity contribution >= 4 is 33.8 Å². The molecule has 0 aliphatic carbocycles. The van der Waals surface area contributed by atoms with Gasteiger partial charge in [-0.3, -0.25) is 9.78 Å². The molecule has 25 heavy (non-hydrogen) atoms. The molecule has 0 atom stereocenters. The Bertz CT molecular complexity index is 1100. The lowest BCUT2D eigenvalue weighted by Gasteiger charge is -2.03. The van der Waals surface area contributed by atoms with Crippen LogP contribution in [0.3, 0.4) is 0 Å². The van der Waals surface area contributed by atoms with Crippen molar-refractivity contribution in [1.82, 2.24) is 25.0 Å². The van der Waals surface area contributed by atoms with E-state index in [1.807, 2.05) is 30.5 Å². The van der Waals surface area contributed by atoms with Crippen molar-refractivity contribution in [2.75, 3.05) is 5.73 Å². The summed E-state index contributed by atoms with van der Waals surface area (Å²) >= 11 is 0. The van der Waals surface area contributed by atoms with E-state index in [-0.39, 0.29) is 0 Å². The van der Waals surface area contributed by atoms with Crippen LogP contribution in [0.4, 0.5) is 5.82 Å². The maximum atomic E-state index is 7.08. The summed E-state index contributed by atoms with van der Waals surface area (Å²) < 4.78 is 1.71. The number of H-pyrrole nitrogens is 1. The molecule has 0 saturated heterocycles. The largest absolute Gasteiger partial charge is 0.400 e. The number of anilines is 1. The van der Waals surface area contributed by atoms with Crippen LogP contribution in [0.2, 0.25) is 0 Å². The number of nitrogen functional groups attached to an aromatic ring is 1. The number of nitrogens with two attached hydrogens (primary N) is 2. The van der Waals surface area contributed by atoms with Gasteiger partial charge in [-0.1, -0.05) is 6.07 Å². The SMILES string of the molecule is N=C/C=C(\N)Cn1cc2c(N)nc3cc(-c4ccn[nH]4)ccc3c2n1. The highest BCUT2D eigenvalue weighted by Crippen LogP contribution is 2.29. The number of fused-ring (bicyclic) bond motifs is 3. The quantitative estimate of drug-likeness (QED) is 0.424. The zero-order chi connectivity index (χ0) is 17.4. The van der Waals surface area contributed by atoms with E-state index in [0.717, 1.165) is 39.3 Å². The van der Waals surface area contributed by atoms with E-state index in [4.69, 9.17) is 16.9 Å². The lowest BCUT2D eigenvalue weighted by molar-refractivity contribution is 0.682. The van der Waals surface area contributed by atoms with Crippen molar-refractivity contribution in [1.29, 1.82) is 5.41 Å². The lowest BCUT2D eigenvalue weighted by atomic mass is 10.1. The van der Waals surface area contributed by atoms with Crippen molar-refractivity contribution in [2.24, 2.45) is 5.73 Å². The standard InChI is InChI=1S/C17H16N8/c18-5-3-11(19)8-25-9-13-16(24-25)12-2-1-10(14-4-6-21-23-14)7-15(12)22-17(13)20/h1-7,9,18H,8,19H2,(H2,20,22)(H,21,23)/b11-3-,18-5?. The zero-order valence-electron chi connectivity index (χ0n) is 13.3. The van der Waals surface area contributed by atoms with Gasteiger partial charge in [-0.15, -0.1) is 0 Å². The van der Waals surface area contributed by atoms with E-state index >= 15 is 0 Å². The van der Waals surface area contributed by atoms with Crippen LogP contribution in [-0.4, -0.2) is 31.2 Å². The molecule has 0 fully saturated rings. The lowest BCUT2D eigenvalue weighted by Crippen LogP contribution is -2.08. The molecule has 0 aliphatic rings. The molecule has 0 bridgehead atoms. The van der Waals surface area contributed by atoms with Gasteiger partial charge in [0.1, 0.15) is 11.3 Å². The molecule has 3 aromatic heterocycles. The van der Waals surface area contributed by atoms with Crippen molar-refractivity contribution in [2.45, 2.75) is 6.54 Å². The van der Waals surface area contributed by atoms with Gasteiger partial charge in [-0.05, 0) is 24.3 Å². The first kappa shape index (κ1) is 14.9. The highest BCUT2D eigenvalue weighted by atomic mass is 15.3. The van der Waals surface area contributed by atoms with Gasteiger partial charge in [0.25, 0.3) is 0 Å². The van der Waals surface area contributed by atoms with E-state index < -0.39 is 0 Å². The minimum Gasteiger partial charge on any atom is -0.400 e. The molecule has 8 heteroatoms. The van der Waals surface area contributed by atoms with Crippen LogP contribution >= 0.6 is 0 Å². The summed E-state index contributed by atoms with van der Waals surface area (Å²) in [6.07, 6.45) is 6.21. The average molecular weight is 332 g/mol. The summed E-state index contributed by atoms with van der Waals surface area (Å²) in [5, 5.41) is 20.3. The Balaban J connectivity index is 1.86. The van der Waals surface area contributed by atoms with Gasteiger partial charge in [-0.25, -0.2) is 4.98 Å². The van der Waals surface area contributed by atoms with Crippen LogP contribution in [0.25, 0.3) is 33.1 Å². The second kappa shape index (κ2) is 5.75. The van der Waals surface area contributed by atoms with E-state index in [2.05, 4.69) is 20.3 Å². The molecular weight excluding hydrogens is 316 g/mol. The third kappa shape index (κ3) is 2.59. The third-order valence-electron chi connectivity index (χ3n) is 3.99. The number of allylic oxidation sites excluding steroid dienone is 2. The topological polar surface area (TPSA) is 135 Å². The fraction of sp³-hybridized carbons (Fsp3) is 0.0588. The Morgan fingerprint density at radius 3 is 2.92 bits per heavy atom. The highest BCUT2D eigenvalue weighted by molar-refractivity contribution is 6.08. The molecule has 6 N–H and O–H groups in total. The number of nitrogens with one attached hydrogen (secondary N) is 2. The molecule has 0 radical (unpaired) electrons. The summed E-state index contributed by atoms with van der Waals surface area (Å²) in [4.78, 5) is 4.51. The molecule has 0 spiro atoms. The normalized spacial score (nSPS) is 12.1. The van der Waals surface area contributed by atoms with Gasteiger partial charge < -0.3 is 16.9 Å². The van der Waals surface area contributed by atoms with Crippen molar-refractivity contribution < 1.29 is 0 Å². The minimum absolute atomic E-state index is 0.386. The average Bonchev–Trinajstić information content (AvgIpc) is 3.24. The maximum Gasteiger partial charge on any atom is 0.135 e. The number of aromatic amines is 1. The summed E-state index contributed by atoms with van der Waals surface area (Å²) in [7, 11) is 0. The van der Waals surface area contributed by atoms with Crippen molar-refractivity contribution in [3.8, 4) is 11.3 Å².